The Labute approximate surface area is 96.3 Å². The van der Waals surface area contributed by atoms with Gasteiger partial charge in [-0.1, -0.05) is 6.07 Å². The normalized spacial score (nSPS) is 13.7. The minimum atomic E-state index is -2.94. The summed E-state index contributed by atoms with van der Waals surface area (Å²) in [6.07, 6.45) is 3.15. The molecule has 0 saturated heterocycles. The molecule has 0 amide bonds. The monoisotopic (exact) mass is 243 g/mol. The highest BCUT2D eigenvalue weighted by Gasteiger charge is 2.11. The molecule has 4 nitrogen and oxygen atoms in total. The van der Waals surface area contributed by atoms with Crippen molar-refractivity contribution in [3.8, 4) is 0 Å². The minimum absolute atomic E-state index is 0.114. The molecule has 1 heterocycles. The molecule has 1 N–H and O–H groups in total. The number of hydrogen-bond acceptors (Lipinski definition) is 4. The van der Waals surface area contributed by atoms with Crippen molar-refractivity contribution in [3.63, 3.8) is 0 Å². The Morgan fingerprint density at radius 3 is 2.75 bits per heavy atom. The van der Waals surface area contributed by atoms with Crippen molar-refractivity contribution in [3.05, 3.63) is 29.6 Å². The van der Waals surface area contributed by atoms with Crippen LogP contribution in [-0.4, -0.2) is 30.5 Å². The van der Waals surface area contributed by atoms with Crippen molar-refractivity contribution in [2.75, 3.05) is 12.0 Å². The first-order valence-corrected chi connectivity index (χ1v) is 7.23. The number of rotatable bonds is 5. The molecule has 0 aliphatic rings. The lowest BCUT2D eigenvalue weighted by Gasteiger charge is -2.12. The first-order chi connectivity index (χ1) is 7.40. The Morgan fingerprint density at radius 1 is 1.50 bits per heavy atom. The van der Waals surface area contributed by atoms with Crippen LogP contribution < -0.4 is 0 Å². The maximum absolute atomic E-state index is 10.9. The number of nitrogens with zero attached hydrogens (tertiary/aromatic N) is 1. The zero-order valence-electron chi connectivity index (χ0n) is 9.55. The molecule has 0 spiro atoms. The van der Waals surface area contributed by atoms with Crippen molar-refractivity contribution >= 4 is 9.84 Å². The van der Waals surface area contributed by atoms with Crippen LogP contribution in [0.4, 0.5) is 0 Å². The summed E-state index contributed by atoms with van der Waals surface area (Å²) in [5.74, 6) is 0.114. The number of hydrogen-bond donors (Lipinski definition) is 1. The molecule has 1 aromatic rings. The second kappa shape index (κ2) is 5.41. The predicted octanol–water partition coefficient (Wildman–Crippen LogP) is 1.25. The third-order valence-corrected chi connectivity index (χ3v) is 3.43. The van der Waals surface area contributed by atoms with Crippen LogP contribution in [0.15, 0.2) is 18.3 Å². The predicted molar refractivity (Wildman–Crippen MR) is 62.9 cm³/mol. The summed E-state index contributed by atoms with van der Waals surface area (Å²) in [4.78, 5) is 4.08. The van der Waals surface area contributed by atoms with Crippen LogP contribution in [-0.2, 0) is 9.84 Å². The summed E-state index contributed by atoms with van der Waals surface area (Å²) in [6.45, 7) is 1.83. The fourth-order valence-corrected chi connectivity index (χ4v) is 2.23. The van der Waals surface area contributed by atoms with Gasteiger partial charge < -0.3 is 5.11 Å². The molecule has 0 bridgehead atoms. The summed E-state index contributed by atoms with van der Waals surface area (Å²) < 4.78 is 21.8. The summed E-state index contributed by atoms with van der Waals surface area (Å²) in [7, 11) is -2.94. The van der Waals surface area contributed by atoms with Crippen LogP contribution in [0.1, 0.15) is 30.2 Å². The van der Waals surface area contributed by atoms with Gasteiger partial charge in [-0.25, -0.2) is 8.42 Å². The Bertz CT molecular complexity index is 442. The molecule has 0 radical (unpaired) electrons. The van der Waals surface area contributed by atoms with Gasteiger partial charge in [0.2, 0.25) is 0 Å². The Kier molecular flexibility index (Phi) is 4.44. The van der Waals surface area contributed by atoms with E-state index in [9.17, 15) is 13.5 Å². The molecular formula is C11H17NO3S. The topological polar surface area (TPSA) is 67.3 Å². The van der Waals surface area contributed by atoms with E-state index in [0.29, 0.717) is 12.8 Å². The first-order valence-electron chi connectivity index (χ1n) is 5.17. The molecule has 1 aromatic heterocycles. The Morgan fingerprint density at radius 2 is 2.19 bits per heavy atom. The van der Waals surface area contributed by atoms with Gasteiger partial charge in [-0.3, -0.25) is 4.98 Å². The van der Waals surface area contributed by atoms with E-state index in [4.69, 9.17) is 0 Å². The second-order valence-corrected chi connectivity index (χ2v) is 6.23. The van der Waals surface area contributed by atoms with Crippen molar-refractivity contribution in [2.45, 2.75) is 25.9 Å². The lowest BCUT2D eigenvalue weighted by Crippen LogP contribution is -2.07. The van der Waals surface area contributed by atoms with Gasteiger partial charge in [-0.15, -0.1) is 0 Å². The molecule has 1 rings (SSSR count). The third kappa shape index (κ3) is 4.28. The van der Waals surface area contributed by atoms with E-state index >= 15 is 0 Å². The molecule has 0 aliphatic carbocycles. The van der Waals surface area contributed by atoms with Gasteiger partial charge in [0.1, 0.15) is 9.84 Å². The minimum Gasteiger partial charge on any atom is -0.388 e. The maximum Gasteiger partial charge on any atom is 0.147 e. The number of aryl methyl sites for hydroxylation is 1. The zero-order valence-corrected chi connectivity index (χ0v) is 10.4. The summed E-state index contributed by atoms with van der Waals surface area (Å²) >= 11 is 0. The zero-order chi connectivity index (χ0) is 12.2. The largest absolute Gasteiger partial charge is 0.388 e. The quantitative estimate of drug-likeness (QED) is 0.845. The number of aliphatic hydroxyl groups is 1. The number of sulfone groups is 1. The lowest BCUT2D eigenvalue weighted by atomic mass is 10.0. The van der Waals surface area contributed by atoms with Gasteiger partial charge >= 0.3 is 0 Å². The van der Waals surface area contributed by atoms with E-state index in [1.807, 2.05) is 13.0 Å². The van der Waals surface area contributed by atoms with Crippen LogP contribution in [0, 0.1) is 6.92 Å². The van der Waals surface area contributed by atoms with E-state index in [1.54, 1.807) is 12.3 Å². The number of aliphatic hydroxyl groups excluding tert-OH is 1. The molecular weight excluding hydrogens is 226 g/mol. The molecule has 1 unspecified atom stereocenters. The number of pyridine rings is 1. The van der Waals surface area contributed by atoms with Crippen molar-refractivity contribution in [1.29, 1.82) is 0 Å². The van der Waals surface area contributed by atoms with E-state index in [2.05, 4.69) is 4.98 Å². The van der Waals surface area contributed by atoms with E-state index in [1.165, 1.54) is 6.26 Å². The van der Waals surface area contributed by atoms with Gasteiger partial charge in [-0.2, -0.15) is 0 Å². The van der Waals surface area contributed by atoms with Gasteiger partial charge in [0.15, 0.2) is 0 Å². The standard InChI is InChI=1S/C11H17NO3S/c1-9-10(5-3-7-12-9)11(13)6-4-8-16(2,14)15/h3,5,7,11,13H,4,6,8H2,1-2H3. The third-order valence-electron chi connectivity index (χ3n) is 2.40. The van der Waals surface area contributed by atoms with Crippen LogP contribution in [0.3, 0.4) is 0 Å². The number of aromatic nitrogens is 1. The second-order valence-electron chi connectivity index (χ2n) is 3.97. The van der Waals surface area contributed by atoms with Crippen LogP contribution in [0.2, 0.25) is 0 Å². The highest BCUT2D eigenvalue weighted by atomic mass is 32.2. The van der Waals surface area contributed by atoms with Gasteiger partial charge in [-0.05, 0) is 25.8 Å². The molecule has 0 aliphatic heterocycles. The average Bonchev–Trinajstić information content (AvgIpc) is 2.16. The maximum atomic E-state index is 10.9. The summed E-state index contributed by atoms with van der Waals surface area (Å²) in [6, 6.07) is 3.58. The molecule has 1 atom stereocenters. The van der Waals surface area contributed by atoms with Gasteiger partial charge in [0.05, 0.1) is 6.10 Å². The highest BCUT2D eigenvalue weighted by Crippen LogP contribution is 2.20. The lowest BCUT2D eigenvalue weighted by molar-refractivity contribution is 0.165. The van der Waals surface area contributed by atoms with Crippen LogP contribution in [0.25, 0.3) is 0 Å². The summed E-state index contributed by atoms with van der Waals surface area (Å²) in [5.41, 5.74) is 1.56. The van der Waals surface area contributed by atoms with Gasteiger partial charge in [0.25, 0.3) is 0 Å². The van der Waals surface area contributed by atoms with Crippen molar-refractivity contribution in [2.24, 2.45) is 0 Å². The molecule has 90 valence electrons. The van der Waals surface area contributed by atoms with Crippen LogP contribution >= 0.6 is 0 Å². The molecule has 0 aromatic carbocycles. The SMILES string of the molecule is Cc1ncccc1C(O)CCCS(C)(=O)=O. The Hall–Kier alpha value is -0.940. The van der Waals surface area contributed by atoms with Crippen molar-refractivity contribution < 1.29 is 13.5 Å². The van der Waals surface area contributed by atoms with E-state index in [0.717, 1.165) is 11.3 Å². The smallest absolute Gasteiger partial charge is 0.147 e. The molecule has 16 heavy (non-hydrogen) atoms. The van der Waals surface area contributed by atoms with Gasteiger partial charge in [0, 0.05) is 29.5 Å². The fraction of sp³-hybridized carbons (Fsp3) is 0.545. The highest BCUT2D eigenvalue weighted by molar-refractivity contribution is 7.90. The van der Waals surface area contributed by atoms with Crippen LogP contribution in [0.5, 0.6) is 0 Å². The first kappa shape index (κ1) is 13.1. The van der Waals surface area contributed by atoms with Crippen molar-refractivity contribution in [1.82, 2.24) is 4.98 Å². The molecule has 0 fully saturated rings. The van der Waals surface area contributed by atoms with E-state index in [-0.39, 0.29) is 5.75 Å². The average molecular weight is 243 g/mol. The molecule has 0 saturated carbocycles. The summed E-state index contributed by atoms with van der Waals surface area (Å²) in [5, 5.41) is 9.86. The molecule has 5 heteroatoms. The fourth-order valence-electron chi connectivity index (χ4n) is 1.54. The Balaban J connectivity index is 2.54. The van der Waals surface area contributed by atoms with E-state index < -0.39 is 15.9 Å².